The maximum absolute atomic E-state index is 12.4. The van der Waals surface area contributed by atoms with Crippen molar-refractivity contribution in [2.75, 3.05) is 19.7 Å². The van der Waals surface area contributed by atoms with Crippen molar-refractivity contribution < 1.29 is 9.53 Å². The van der Waals surface area contributed by atoms with Gasteiger partial charge in [-0.25, -0.2) is 4.98 Å². The molecule has 5 heteroatoms. The van der Waals surface area contributed by atoms with E-state index in [9.17, 15) is 4.79 Å². The number of rotatable bonds is 5. The minimum absolute atomic E-state index is 0.106. The van der Waals surface area contributed by atoms with E-state index < -0.39 is 0 Å². The summed E-state index contributed by atoms with van der Waals surface area (Å²) < 4.78 is 7.69. The maximum atomic E-state index is 12.4. The molecule has 0 radical (unpaired) electrons. The number of ketones is 1. The Bertz CT molecular complexity index is 629. The fourth-order valence-corrected chi connectivity index (χ4v) is 2.78. The average molecular weight is 287 g/mol. The first-order valence-electron chi connectivity index (χ1n) is 7.58. The van der Waals surface area contributed by atoms with E-state index in [1.54, 1.807) is 0 Å². The van der Waals surface area contributed by atoms with Gasteiger partial charge in [-0.2, -0.15) is 0 Å². The van der Waals surface area contributed by atoms with Gasteiger partial charge in [-0.3, -0.25) is 4.79 Å². The number of hydrogen-bond donors (Lipinski definition) is 1. The second kappa shape index (κ2) is 6.37. The van der Waals surface area contributed by atoms with Crippen LogP contribution in [0.1, 0.15) is 19.2 Å². The molecule has 0 saturated carbocycles. The van der Waals surface area contributed by atoms with E-state index in [-0.39, 0.29) is 11.9 Å². The lowest BCUT2D eigenvalue weighted by Gasteiger charge is -2.22. The minimum atomic E-state index is -0.339. The van der Waals surface area contributed by atoms with Gasteiger partial charge in [0.15, 0.2) is 5.78 Å². The number of benzene rings is 1. The average Bonchev–Trinajstić information content (AvgIpc) is 2.86. The standard InChI is InChI=1S/C16H21N3O2/c1-2-8-19-13-6-4-3-5-12(13)18-16(19)10-14(20)15-11-17-7-9-21-15/h3-6,15,17H,2,7-11H2,1H3. The molecule has 0 spiro atoms. The van der Waals surface area contributed by atoms with Gasteiger partial charge in [0, 0.05) is 19.6 Å². The molecule has 3 rings (SSSR count). The fraction of sp³-hybridized carbons (Fsp3) is 0.500. The number of carbonyl (C=O) groups excluding carboxylic acids is 1. The maximum Gasteiger partial charge on any atom is 0.170 e. The van der Waals surface area contributed by atoms with Gasteiger partial charge in [0.25, 0.3) is 0 Å². The van der Waals surface area contributed by atoms with Gasteiger partial charge >= 0.3 is 0 Å². The molecule has 1 unspecified atom stereocenters. The predicted octanol–water partition coefficient (Wildman–Crippen LogP) is 1.55. The Hall–Kier alpha value is -1.72. The molecule has 5 nitrogen and oxygen atoms in total. The zero-order valence-electron chi connectivity index (χ0n) is 12.3. The highest BCUT2D eigenvalue weighted by atomic mass is 16.5. The SMILES string of the molecule is CCCn1c(CC(=O)C2CNCCO2)nc2ccccc21. The Labute approximate surface area is 124 Å². The number of fused-ring (bicyclic) bond motifs is 1. The fourth-order valence-electron chi connectivity index (χ4n) is 2.78. The zero-order valence-corrected chi connectivity index (χ0v) is 12.3. The summed E-state index contributed by atoms with van der Waals surface area (Å²) in [6.07, 6.45) is 1.01. The van der Waals surface area contributed by atoms with Crippen molar-refractivity contribution in [3.63, 3.8) is 0 Å². The number of nitrogens with one attached hydrogen (secondary N) is 1. The van der Waals surface area contributed by atoms with Gasteiger partial charge in [0.2, 0.25) is 0 Å². The molecule has 1 aliphatic heterocycles. The van der Waals surface area contributed by atoms with E-state index in [0.29, 0.717) is 19.6 Å². The van der Waals surface area contributed by atoms with Crippen LogP contribution in [0.25, 0.3) is 11.0 Å². The topological polar surface area (TPSA) is 56.2 Å². The molecular formula is C16H21N3O2. The molecule has 1 aromatic heterocycles. The number of morpholine rings is 1. The van der Waals surface area contributed by atoms with Gasteiger partial charge in [-0.05, 0) is 18.6 Å². The summed E-state index contributed by atoms with van der Waals surface area (Å²) in [5.74, 6) is 0.951. The van der Waals surface area contributed by atoms with Gasteiger partial charge in [0.05, 0.1) is 24.1 Å². The molecule has 0 aliphatic carbocycles. The molecule has 2 heterocycles. The summed E-state index contributed by atoms with van der Waals surface area (Å²) in [5, 5.41) is 3.19. The number of carbonyl (C=O) groups is 1. The monoisotopic (exact) mass is 287 g/mol. The Morgan fingerprint density at radius 2 is 2.33 bits per heavy atom. The molecule has 1 fully saturated rings. The quantitative estimate of drug-likeness (QED) is 0.906. The second-order valence-electron chi connectivity index (χ2n) is 5.38. The summed E-state index contributed by atoms with van der Waals surface area (Å²) in [6, 6.07) is 8.04. The van der Waals surface area contributed by atoms with Crippen LogP contribution in [-0.4, -0.2) is 41.1 Å². The van der Waals surface area contributed by atoms with Crippen molar-refractivity contribution in [2.24, 2.45) is 0 Å². The summed E-state index contributed by atoms with van der Waals surface area (Å²) in [4.78, 5) is 17.0. The van der Waals surface area contributed by atoms with Crippen LogP contribution in [-0.2, 0) is 22.5 Å². The molecule has 2 aromatic rings. The highest BCUT2D eigenvalue weighted by Crippen LogP contribution is 2.17. The van der Waals surface area contributed by atoms with E-state index >= 15 is 0 Å². The number of aryl methyl sites for hydroxylation is 1. The van der Waals surface area contributed by atoms with Crippen molar-refractivity contribution in [3.05, 3.63) is 30.1 Å². The third-order valence-electron chi connectivity index (χ3n) is 3.80. The Kier molecular flexibility index (Phi) is 4.31. The lowest BCUT2D eigenvalue weighted by Crippen LogP contribution is -2.43. The van der Waals surface area contributed by atoms with Crippen LogP contribution in [0.2, 0.25) is 0 Å². The summed E-state index contributed by atoms with van der Waals surface area (Å²) in [5.41, 5.74) is 2.06. The lowest BCUT2D eigenvalue weighted by molar-refractivity contribution is -0.131. The number of aromatic nitrogens is 2. The van der Waals surface area contributed by atoms with Crippen LogP contribution >= 0.6 is 0 Å². The number of imidazole rings is 1. The first kappa shape index (κ1) is 14.2. The smallest absolute Gasteiger partial charge is 0.170 e. The summed E-state index contributed by atoms with van der Waals surface area (Å²) >= 11 is 0. The molecule has 1 saturated heterocycles. The molecule has 1 N–H and O–H groups in total. The number of para-hydroxylation sites is 2. The molecule has 0 bridgehead atoms. The highest BCUT2D eigenvalue weighted by Gasteiger charge is 2.24. The number of ether oxygens (including phenoxy) is 1. The number of hydrogen-bond acceptors (Lipinski definition) is 4. The molecule has 0 amide bonds. The lowest BCUT2D eigenvalue weighted by atomic mass is 10.1. The van der Waals surface area contributed by atoms with Crippen molar-refractivity contribution in [1.29, 1.82) is 0 Å². The van der Waals surface area contributed by atoms with Crippen LogP contribution in [0.4, 0.5) is 0 Å². The van der Waals surface area contributed by atoms with Crippen LogP contribution in [0.15, 0.2) is 24.3 Å². The van der Waals surface area contributed by atoms with Crippen LogP contribution in [0, 0.1) is 0 Å². The predicted molar refractivity (Wildman–Crippen MR) is 81.3 cm³/mol. The van der Waals surface area contributed by atoms with Crippen LogP contribution < -0.4 is 5.32 Å². The first-order chi connectivity index (χ1) is 10.3. The molecule has 1 atom stereocenters. The second-order valence-corrected chi connectivity index (χ2v) is 5.38. The Morgan fingerprint density at radius 3 is 3.10 bits per heavy atom. The third kappa shape index (κ3) is 2.99. The summed E-state index contributed by atoms with van der Waals surface area (Å²) in [6.45, 7) is 5.04. The van der Waals surface area contributed by atoms with E-state index in [0.717, 1.165) is 36.4 Å². The highest BCUT2D eigenvalue weighted by molar-refractivity contribution is 5.86. The van der Waals surface area contributed by atoms with E-state index in [4.69, 9.17) is 4.74 Å². The Morgan fingerprint density at radius 1 is 1.48 bits per heavy atom. The van der Waals surface area contributed by atoms with E-state index in [1.165, 1.54) is 0 Å². The van der Waals surface area contributed by atoms with E-state index in [2.05, 4.69) is 27.9 Å². The van der Waals surface area contributed by atoms with Gasteiger partial charge in [-0.15, -0.1) is 0 Å². The van der Waals surface area contributed by atoms with Gasteiger partial charge in [0.1, 0.15) is 11.9 Å². The van der Waals surface area contributed by atoms with Crippen molar-refractivity contribution in [3.8, 4) is 0 Å². The van der Waals surface area contributed by atoms with Crippen molar-refractivity contribution in [2.45, 2.75) is 32.4 Å². The van der Waals surface area contributed by atoms with Gasteiger partial charge < -0.3 is 14.6 Å². The van der Waals surface area contributed by atoms with Crippen LogP contribution in [0.3, 0.4) is 0 Å². The Balaban J connectivity index is 1.85. The van der Waals surface area contributed by atoms with Gasteiger partial charge in [-0.1, -0.05) is 19.1 Å². The zero-order chi connectivity index (χ0) is 14.7. The van der Waals surface area contributed by atoms with E-state index in [1.807, 2.05) is 18.2 Å². The minimum Gasteiger partial charge on any atom is -0.368 e. The largest absolute Gasteiger partial charge is 0.368 e. The first-order valence-corrected chi connectivity index (χ1v) is 7.58. The molecule has 21 heavy (non-hydrogen) atoms. The molecule has 112 valence electrons. The summed E-state index contributed by atoms with van der Waals surface area (Å²) in [7, 11) is 0. The number of Topliss-reactive ketones (excluding diaryl/α,β-unsaturated/α-hetero) is 1. The normalized spacial score (nSPS) is 19.0. The third-order valence-corrected chi connectivity index (χ3v) is 3.80. The molecule has 1 aliphatic rings. The molecular weight excluding hydrogens is 266 g/mol. The molecule has 1 aromatic carbocycles. The van der Waals surface area contributed by atoms with Crippen molar-refractivity contribution >= 4 is 16.8 Å². The van der Waals surface area contributed by atoms with Crippen molar-refractivity contribution in [1.82, 2.24) is 14.9 Å². The van der Waals surface area contributed by atoms with Crippen LogP contribution in [0.5, 0.6) is 0 Å². The number of nitrogens with zero attached hydrogens (tertiary/aromatic N) is 2.